The van der Waals surface area contributed by atoms with Crippen molar-refractivity contribution in [2.75, 3.05) is 6.54 Å². The van der Waals surface area contributed by atoms with Crippen LogP contribution in [0.3, 0.4) is 0 Å². The minimum absolute atomic E-state index is 0.137. The number of imidazole rings is 1. The van der Waals surface area contributed by atoms with E-state index in [1.54, 1.807) is 12.5 Å². The molecule has 0 aromatic carbocycles. The van der Waals surface area contributed by atoms with Crippen LogP contribution in [0.25, 0.3) is 0 Å². The molecule has 10 nitrogen and oxygen atoms in total. The van der Waals surface area contributed by atoms with Crippen molar-refractivity contribution in [2.45, 2.75) is 70.1 Å². The first-order valence-corrected chi connectivity index (χ1v) is 9.98. The van der Waals surface area contributed by atoms with Crippen LogP contribution in [-0.2, 0) is 25.6 Å². The number of aromatic nitrogens is 2. The number of primary amides is 1. The molecule has 0 spiro atoms. The minimum atomic E-state index is -0.880. The lowest BCUT2D eigenvalue weighted by atomic mass is 10.1. The number of nitrogens with one attached hydrogen (secondary N) is 2. The second-order valence-corrected chi connectivity index (χ2v) is 7.90. The summed E-state index contributed by atoms with van der Waals surface area (Å²) in [5.41, 5.74) is 6.26. The lowest BCUT2D eigenvalue weighted by Crippen LogP contribution is -2.56. The number of rotatable bonds is 7. The SMILES string of the molecule is CC(C)n1cncc1CC(NC(=O)C1CCC(=O)N1)C(=O)N1CCCC1C(N)=O. The van der Waals surface area contributed by atoms with E-state index in [0.717, 1.165) is 5.69 Å². The van der Waals surface area contributed by atoms with E-state index < -0.39 is 29.9 Å². The molecule has 0 saturated carbocycles. The number of hydrogen-bond donors (Lipinski definition) is 3. The molecule has 2 saturated heterocycles. The number of carbonyl (C=O) groups is 4. The van der Waals surface area contributed by atoms with Crippen molar-refractivity contribution >= 4 is 23.6 Å². The maximum absolute atomic E-state index is 13.3. The van der Waals surface area contributed by atoms with Crippen molar-refractivity contribution in [3.63, 3.8) is 0 Å². The van der Waals surface area contributed by atoms with E-state index >= 15 is 0 Å². The van der Waals surface area contributed by atoms with Gasteiger partial charge in [0.05, 0.1) is 6.33 Å². The minimum Gasteiger partial charge on any atom is -0.368 e. The van der Waals surface area contributed by atoms with E-state index in [2.05, 4.69) is 15.6 Å². The number of nitrogens with two attached hydrogens (primary N) is 1. The van der Waals surface area contributed by atoms with Crippen LogP contribution in [0.4, 0.5) is 0 Å². The van der Waals surface area contributed by atoms with Crippen LogP contribution in [-0.4, -0.2) is 62.7 Å². The molecule has 3 atom stereocenters. The molecular formula is C19H28N6O4. The molecule has 4 N–H and O–H groups in total. The van der Waals surface area contributed by atoms with E-state index in [9.17, 15) is 19.2 Å². The Morgan fingerprint density at radius 1 is 1.34 bits per heavy atom. The number of likely N-dealkylation sites (tertiary alicyclic amines) is 1. The quantitative estimate of drug-likeness (QED) is 0.548. The van der Waals surface area contributed by atoms with Gasteiger partial charge in [-0.05, 0) is 33.1 Å². The van der Waals surface area contributed by atoms with Crippen LogP contribution < -0.4 is 16.4 Å². The summed E-state index contributed by atoms with van der Waals surface area (Å²) in [7, 11) is 0. The molecule has 2 aliphatic rings. The van der Waals surface area contributed by atoms with E-state index in [4.69, 9.17) is 5.73 Å². The summed E-state index contributed by atoms with van der Waals surface area (Å²) in [5.74, 6) is -1.48. The fourth-order valence-corrected chi connectivity index (χ4v) is 3.97. The maximum atomic E-state index is 13.3. The molecule has 10 heteroatoms. The summed E-state index contributed by atoms with van der Waals surface area (Å²) in [6.07, 6.45) is 5.45. The topological polar surface area (TPSA) is 139 Å². The summed E-state index contributed by atoms with van der Waals surface area (Å²) in [4.78, 5) is 54.8. The predicted octanol–water partition coefficient (Wildman–Crippen LogP) is -0.754. The van der Waals surface area contributed by atoms with Gasteiger partial charge in [0.25, 0.3) is 0 Å². The molecule has 4 amide bonds. The molecule has 3 rings (SSSR count). The van der Waals surface area contributed by atoms with E-state index in [0.29, 0.717) is 25.8 Å². The Kier molecular flexibility index (Phi) is 6.19. The summed E-state index contributed by atoms with van der Waals surface area (Å²) >= 11 is 0. The second-order valence-electron chi connectivity index (χ2n) is 7.90. The molecule has 29 heavy (non-hydrogen) atoms. The maximum Gasteiger partial charge on any atom is 0.246 e. The first-order chi connectivity index (χ1) is 13.8. The molecule has 1 aromatic heterocycles. The summed E-state index contributed by atoms with van der Waals surface area (Å²) in [5, 5.41) is 5.40. The van der Waals surface area contributed by atoms with Crippen molar-refractivity contribution in [3.8, 4) is 0 Å². The van der Waals surface area contributed by atoms with Gasteiger partial charge in [-0.2, -0.15) is 0 Å². The highest BCUT2D eigenvalue weighted by Crippen LogP contribution is 2.20. The van der Waals surface area contributed by atoms with Crippen molar-refractivity contribution in [1.29, 1.82) is 0 Å². The van der Waals surface area contributed by atoms with Crippen molar-refractivity contribution < 1.29 is 19.2 Å². The molecule has 1 aromatic rings. The Morgan fingerprint density at radius 3 is 2.72 bits per heavy atom. The van der Waals surface area contributed by atoms with Crippen molar-refractivity contribution in [2.24, 2.45) is 5.73 Å². The lowest BCUT2D eigenvalue weighted by molar-refractivity contribution is -0.140. The zero-order valence-electron chi connectivity index (χ0n) is 16.8. The first-order valence-electron chi connectivity index (χ1n) is 9.98. The van der Waals surface area contributed by atoms with Crippen molar-refractivity contribution in [1.82, 2.24) is 25.1 Å². The summed E-state index contributed by atoms with van der Waals surface area (Å²) < 4.78 is 1.93. The third-order valence-corrected chi connectivity index (χ3v) is 5.51. The predicted molar refractivity (Wildman–Crippen MR) is 103 cm³/mol. The van der Waals surface area contributed by atoms with E-state index in [1.165, 1.54) is 4.90 Å². The Bertz CT molecular complexity index is 804. The molecular weight excluding hydrogens is 376 g/mol. The molecule has 0 radical (unpaired) electrons. The molecule has 3 heterocycles. The van der Waals surface area contributed by atoms with Crippen LogP contribution >= 0.6 is 0 Å². The zero-order chi connectivity index (χ0) is 21.1. The fourth-order valence-electron chi connectivity index (χ4n) is 3.97. The van der Waals surface area contributed by atoms with Crippen LogP contribution in [0.5, 0.6) is 0 Å². The standard InChI is InChI=1S/C19H28N6O4/c1-11(2)25-10-21-9-12(25)8-14(23-18(28)13-5-6-16(26)22-13)19(29)24-7-3-4-15(24)17(20)27/h9-11,13-15H,3-8H2,1-2H3,(H2,20,27)(H,22,26)(H,23,28). The van der Waals surface area contributed by atoms with Crippen LogP contribution in [0.15, 0.2) is 12.5 Å². The average Bonchev–Trinajstić information content (AvgIpc) is 3.40. The summed E-state index contributed by atoms with van der Waals surface area (Å²) in [6, 6.07) is -2.06. The van der Waals surface area contributed by atoms with Gasteiger partial charge in [0.15, 0.2) is 0 Å². The van der Waals surface area contributed by atoms with Gasteiger partial charge in [0.1, 0.15) is 18.1 Å². The molecule has 0 bridgehead atoms. The zero-order valence-corrected chi connectivity index (χ0v) is 16.8. The highest BCUT2D eigenvalue weighted by atomic mass is 16.2. The number of amides is 4. The average molecular weight is 404 g/mol. The van der Waals surface area contributed by atoms with Gasteiger partial charge in [0.2, 0.25) is 23.6 Å². The van der Waals surface area contributed by atoms with Crippen LogP contribution in [0.1, 0.15) is 51.3 Å². The second kappa shape index (κ2) is 8.62. The smallest absolute Gasteiger partial charge is 0.246 e. The van der Waals surface area contributed by atoms with Gasteiger partial charge in [-0.25, -0.2) is 4.98 Å². The fraction of sp³-hybridized carbons (Fsp3) is 0.632. The van der Waals surface area contributed by atoms with Crippen LogP contribution in [0.2, 0.25) is 0 Å². The number of hydrogen-bond acceptors (Lipinski definition) is 5. The highest BCUT2D eigenvalue weighted by Gasteiger charge is 2.38. The largest absolute Gasteiger partial charge is 0.368 e. The monoisotopic (exact) mass is 404 g/mol. The van der Waals surface area contributed by atoms with E-state index in [-0.39, 0.29) is 30.7 Å². The van der Waals surface area contributed by atoms with Gasteiger partial charge in [-0.3, -0.25) is 19.2 Å². The van der Waals surface area contributed by atoms with E-state index in [1.807, 2.05) is 18.4 Å². The third kappa shape index (κ3) is 4.57. The Labute approximate surface area is 169 Å². The normalized spacial score (nSPS) is 22.6. The van der Waals surface area contributed by atoms with Gasteiger partial charge in [-0.15, -0.1) is 0 Å². The number of carbonyl (C=O) groups excluding carboxylic acids is 4. The van der Waals surface area contributed by atoms with Crippen LogP contribution in [0, 0.1) is 0 Å². The first kappa shape index (κ1) is 20.8. The van der Waals surface area contributed by atoms with Gasteiger partial charge < -0.3 is 25.8 Å². The summed E-state index contributed by atoms with van der Waals surface area (Å²) in [6.45, 7) is 4.42. The Morgan fingerprint density at radius 2 is 2.10 bits per heavy atom. The van der Waals surface area contributed by atoms with Gasteiger partial charge in [0, 0.05) is 37.3 Å². The highest BCUT2D eigenvalue weighted by molar-refractivity contribution is 5.95. The molecule has 0 aliphatic carbocycles. The molecule has 3 unspecified atom stereocenters. The van der Waals surface area contributed by atoms with Gasteiger partial charge >= 0.3 is 0 Å². The lowest BCUT2D eigenvalue weighted by Gasteiger charge is -2.29. The Hall–Kier alpha value is -2.91. The number of nitrogens with zero attached hydrogens (tertiary/aromatic N) is 3. The molecule has 158 valence electrons. The Balaban J connectivity index is 1.81. The molecule has 2 aliphatic heterocycles. The molecule has 2 fully saturated rings. The van der Waals surface area contributed by atoms with Gasteiger partial charge in [-0.1, -0.05) is 0 Å². The third-order valence-electron chi connectivity index (χ3n) is 5.51. The van der Waals surface area contributed by atoms with Crippen molar-refractivity contribution in [3.05, 3.63) is 18.2 Å².